The summed E-state index contributed by atoms with van der Waals surface area (Å²) in [4.78, 5) is 38.8. The van der Waals surface area contributed by atoms with Gasteiger partial charge in [-0.2, -0.15) is 0 Å². The smallest absolute Gasteiger partial charge is 0.262 e. The van der Waals surface area contributed by atoms with Crippen molar-refractivity contribution in [2.75, 3.05) is 6.54 Å². The minimum Gasteiger partial charge on any atom is -0.344 e. The summed E-state index contributed by atoms with van der Waals surface area (Å²) in [7, 11) is 0. The third-order valence-corrected chi connectivity index (χ3v) is 5.35. The van der Waals surface area contributed by atoms with E-state index < -0.39 is 23.8 Å². The lowest BCUT2D eigenvalue weighted by Crippen LogP contribution is -2.41. The molecule has 4 rings (SSSR count). The van der Waals surface area contributed by atoms with Crippen molar-refractivity contribution in [3.05, 3.63) is 106 Å². The minimum absolute atomic E-state index is 0.327. The van der Waals surface area contributed by atoms with E-state index >= 15 is 0 Å². The molecular formula is C23H17BrN2O3. The van der Waals surface area contributed by atoms with Gasteiger partial charge in [0.15, 0.2) is 0 Å². The van der Waals surface area contributed by atoms with Crippen molar-refractivity contribution in [1.29, 1.82) is 0 Å². The van der Waals surface area contributed by atoms with E-state index in [0.29, 0.717) is 11.1 Å². The molecule has 144 valence electrons. The molecule has 0 saturated carbocycles. The van der Waals surface area contributed by atoms with Crippen LogP contribution in [-0.4, -0.2) is 29.2 Å². The number of hydrogen-bond acceptors (Lipinski definition) is 3. The molecule has 0 aromatic heterocycles. The average Bonchev–Trinajstić information content (AvgIpc) is 2.98. The zero-order valence-corrected chi connectivity index (χ0v) is 16.9. The van der Waals surface area contributed by atoms with E-state index in [1.165, 1.54) is 0 Å². The van der Waals surface area contributed by atoms with Crippen LogP contribution in [-0.2, 0) is 4.79 Å². The first kappa shape index (κ1) is 19.1. The molecule has 1 atom stereocenters. The summed E-state index contributed by atoms with van der Waals surface area (Å²) in [6.07, 6.45) is 0. The van der Waals surface area contributed by atoms with E-state index in [2.05, 4.69) is 21.2 Å². The monoisotopic (exact) mass is 448 g/mol. The van der Waals surface area contributed by atoms with Crippen molar-refractivity contribution in [2.45, 2.75) is 6.04 Å². The molecule has 0 saturated heterocycles. The van der Waals surface area contributed by atoms with Crippen LogP contribution in [0.5, 0.6) is 0 Å². The highest BCUT2D eigenvalue weighted by Gasteiger charge is 2.36. The number of rotatable bonds is 5. The van der Waals surface area contributed by atoms with Crippen LogP contribution >= 0.6 is 15.9 Å². The van der Waals surface area contributed by atoms with Gasteiger partial charge in [-0.1, -0.05) is 70.5 Å². The molecule has 0 bridgehead atoms. The van der Waals surface area contributed by atoms with Crippen molar-refractivity contribution >= 4 is 33.7 Å². The summed E-state index contributed by atoms with van der Waals surface area (Å²) in [6.45, 7) is -0.327. The lowest BCUT2D eigenvalue weighted by atomic mass is 9.99. The first-order valence-electron chi connectivity index (χ1n) is 9.09. The summed E-state index contributed by atoms with van der Waals surface area (Å²) in [6, 6.07) is 23.4. The second-order valence-corrected chi connectivity index (χ2v) is 7.62. The molecule has 1 aliphatic heterocycles. The van der Waals surface area contributed by atoms with Crippen LogP contribution < -0.4 is 5.32 Å². The van der Waals surface area contributed by atoms with Gasteiger partial charge in [0.25, 0.3) is 11.8 Å². The molecule has 6 heteroatoms. The maximum Gasteiger partial charge on any atom is 0.262 e. The van der Waals surface area contributed by atoms with Crippen LogP contribution in [0.4, 0.5) is 0 Å². The zero-order valence-electron chi connectivity index (χ0n) is 15.3. The zero-order chi connectivity index (χ0) is 20.4. The van der Waals surface area contributed by atoms with Gasteiger partial charge in [0.05, 0.1) is 17.2 Å². The van der Waals surface area contributed by atoms with Crippen molar-refractivity contribution in [3.63, 3.8) is 0 Å². The van der Waals surface area contributed by atoms with Crippen LogP contribution in [0.3, 0.4) is 0 Å². The number of carbonyl (C=O) groups is 3. The standard InChI is InChI=1S/C23H17BrN2O3/c24-17-12-10-16(11-13-17)21(15-6-2-1-3-7-15)25-20(27)14-26-22(28)18-8-4-5-9-19(18)23(26)29/h1-13,21H,14H2,(H,25,27)/t21-/m0/s1. The van der Waals surface area contributed by atoms with Crippen LogP contribution in [0, 0.1) is 0 Å². The Morgan fingerprint density at radius 1 is 0.793 bits per heavy atom. The second-order valence-electron chi connectivity index (χ2n) is 6.70. The number of amides is 3. The van der Waals surface area contributed by atoms with Crippen LogP contribution in [0.2, 0.25) is 0 Å². The summed E-state index contributed by atoms with van der Waals surface area (Å²) in [5.41, 5.74) is 2.47. The molecule has 0 fully saturated rings. The van der Waals surface area contributed by atoms with Gasteiger partial charge in [-0.05, 0) is 35.4 Å². The maximum absolute atomic E-state index is 12.8. The number of hydrogen-bond donors (Lipinski definition) is 1. The fourth-order valence-corrected chi connectivity index (χ4v) is 3.66. The van der Waals surface area contributed by atoms with Gasteiger partial charge in [-0.15, -0.1) is 0 Å². The van der Waals surface area contributed by atoms with E-state index in [-0.39, 0.29) is 6.54 Å². The molecule has 0 spiro atoms. The number of nitrogens with zero attached hydrogens (tertiary/aromatic N) is 1. The van der Waals surface area contributed by atoms with Gasteiger partial charge in [-0.3, -0.25) is 19.3 Å². The number of fused-ring (bicyclic) bond motifs is 1. The molecule has 3 aromatic rings. The molecule has 5 nitrogen and oxygen atoms in total. The largest absolute Gasteiger partial charge is 0.344 e. The van der Waals surface area contributed by atoms with E-state index in [0.717, 1.165) is 20.5 Å². The van der Waals surface area contributed by atoms with E-state index in [1.807, 2.05) is 54.6 Å². The first-order valence-corrected chi connectivity index (χ1v) is 9.89. The molecule has 0 radical (unpaired) electrons. The van der Waals surface area contributed by atoms with Gasteiger partial charge >= 0.3 is 0 Å². The third-order valence-electron chi connectivity index (χ3n) is 4.82. The van der Waals surface area contributed by atoms with Gasteiger partial charge in [-0.25, -0.2) is 0 Å². The first-order chi connectivity index (χ1) is 14.0. The summed E-state index contributed by atoms with van der Waals surface area (Å²) < 4.78 is 0.936. The normalized spacial score (nSPS) is 13.9. The Morgan fingerprint density at radius 2 is 1.31 bits per heavy atom. The molecular weight excluding hydrogens is 432 g/mol. The summed E-state index contributed by atoms with van der Waals surface area (Å²) in [5, 5.41) is 2.96. The lowest BCUT2D eigenvalue weighted by Gasteiger charge is -2.22. The Labute approximate surface area is 176 Å². The fourth-order valence-electron chi connectivity index (χ4n) is 3.39. The Morgan fingerprint density at radius 3 is 1.90 bits per heavy atom. The fraction of sp³-hybridized carbons (Fsp3) is 0.0870. The van der Waals surface area contributed by atoms with Crippen molar-refractivity contribution in [3.8, 4) is 0 Å². The molecule has 0 aliphatic carbocycles. The van der Waals surface area contributed by atoms with Crippen LogP contribution in [0.25, 0.3) is 0 Å². The number of carbonyl (C=O) groups excluding carboxylic acids is 3. The van der Waals surface area contributed by atoms with Gasteiger partial charge in [0.1, 0.15) is 6.54 Å². The molecule has 0 unspecified atom stereocenters. The van der Waals surface area contributed by atoms with Crippen molar-refractivity contribution in [1.82, 2.24) is 10.2 Å². The predicted octanol–water partition coefficient (Wildman–Crippen LogP) is 3.95. The van der Waals surface area contributed by atoms with Crippen LogP contribution in [0.15, 0.2) is 83.3 Å². The summed E-state index contributed by atoms with van der Waals surface area (Å²) >= 11 is 3.42. The Balaban J connectivity index is 1.56. The van der Waals surface area contributed by atoms with Crippen molar-refractivity contribution in [2.24, 2.45) is 0 Å². The SMILES string of the molecule is O=C(CN1C(=O)c2ccccc2C1=O)N[C@@H](c1ccccc1)c1ccc(Br)cc1. The molecule has 1 N–H and O–H groups in total. The molecule has 1 aliphatic rings. The second kappa shape index (κ2) is 8.01. The molecule has 1 heterocycles. The summed E-state index contributed by atoms with van der Waals surface area (Å²) in [5.74, 6) is -1.29. The number of nitrogens with one attached hydrogen (secondary N) is 1. The average molecular weight is 449 g/mol. The van der Waals surface area contributed by atoms with Crippen LogP contribution in [0.1, 0.15) is 37.9 Å². The van der Waals surface area contributed by atoms with Gasteiger partial charge in [0.2, 0.25) is 5.91 Å². The Kier molecular flexibility index (Phi) is 5.27. The lowest BCUT2D eigenvalue weighted by molar-refractivity contribution is -0.121. The van der Waals surface area contributed by atoms with Gasteiger partial charge < -0.3 is 5.32 Å². The number of halogens is 1. The third kappa shape index (κ3) is 3.84. The number of benzene rings is 3. The predicted molar refractivity (Wildman–Crippen MR) is 112 cm³/mol. The Hall–Kier alpha value is -3.25. The molecule has 3 amide bonds. The highest BCUT2D eigenvalue weighted by Crippen LogP contribution is 2.25. The van der Waals surface area contributed by atoms with Gasteiger partial charge in [0, 0.05) is 4.47 Å². The maximum atomic E-state index is 12.8. The Bertz CT molecular complexity index is 1050. The number of imide groups is 1. The minimum atomic E-state index is -0.444. The molecule has 29 heavy (non-hydrogen) atoms. The van der Waals surface area contributed by atoms with E-state index in [9.17, 15) is 14.4 Å². The van der Waals surface area contributed by atoms with E-state index in [1.54, 1.807) is 24.3 Å². The highest BCUT2D eigenvalue weighted by atomic mass is 79.9. The molecule has 3 aromatic carbocycles. The van der Waals surface area contributed by atoms with E-state index in [4.69, 9.17) is 0 Å². The highest BCUT2D eigenvalue weighted by molar-refractivity contribution is 9.10. The topological polar surface area (TPSA) is 66.5 Å². The quantitative estimate of drug-likeness (QED) is 0.600. The van der Waals surface area contributed by atoms with Crippen molar-refractivity contribution < 1.29 is 14.4 Å².